The zero-order chi connectivity index (χ0) is 20.3. The molecule has 1 aliphatic rings. The fourth-order valence-corrected chi connectivity index (χ4v) is 3.19. The number of para-hydroxylation sites is 1. The van der Waals surface area contributed by atoms with Gasteiger partial charge in [-0.1, -0.05) is 24.3 Å². The van der Waals surface area contributed by atoms with Crippen LogP contribution in [0.15, 0.2) is 48.7 Å². The zero-order valence-electron chi connectivity index (χ0n) is 15.5. The first-order valence-electron chi connectivity index (χ1n) is 9.19. The van der Waals surface area contributed by atoms with Crippen LogP contribution in [0, 0.1) is 0 Å². The molecule has 1 unspecified atom stereocenters. The van der Waals surface area contributed by atoms with Gasteiger partial charge < -0.3 is 9.47 Å². The second kappa shape index (κ2) is 8.30. The molecule has 3 heterocycles. The SMILES string of the molecule is FC(F)(F)c1ccnc(OCC2CN(Cc3ccc4ccccc4n3)CCO2)n1. The van der Waals surface area contributed by atoms with E-state index in [4.69, 9.17) is 9.47 Å². The van der Waals surface area contributed by atoms with E-state index in [-0.39, 0.29) is 18.7 Å². The Kier molecular flexibility index (Phi) is 5.59. The summed E-state index contributed by atoms with van der Waals surface area (Å²) < 4.78 is 49.2. The summed E-state index contributed by atoms with van der Waals surface area (Å²) in [6.45, 7) is 2.55. The Morgan fingerprint density at radius 1 is 1.10 bits per heavy atom. The molecule has 29 heavy (non-hydrogen) atoms. The smallest absolute Gasteiger partial charge is 0.433 e. The predicted molar refractivity (Wildman–Crippen MR) is 99.3 cm³/mol. The number of fused-ring (bicyclic) bond motifs is 1. The third-order valence-corrected chi connectivity index (χ3v) is 4.59. The summed E-state index contributed by atoms with van der Waals surface area (Å²) >= 11 is 0. The van der Waals surface area contributed by atoms with E-state index >= 15 is 0 Å². The lowest BCUT2D eigenvalue weighted by Crippen LogP contribution is -2.44. The number of benzene rings is 1. The van der Waals surface area contributed by atoms with Crippen LogP contribution in [0.3, 0.4) is 0 Å². The third kappa shape index (κ3) is 4.99. The van der Waals surface area contributed by atoms with Gasteiger partial charge in [0.25, 0.3) is 0 Å². The van der Waals surface area contributed by atoms with Crippen LogP contribution in [0.1, 0.15) is 11.4 Å². The van der Waals surface area contributed by atoms with E-state index in [1.54, 1.807) is 0 Å². The molecular formula is C20H19F3N4O2. The van der Waals surface area contributed by atoms with Gasteiger partial charge in [-0.05, 0) is 18.2 Å². The Bertz CT molecular complexity index is 983. The molecular weight excluding hydrogens is 385 g/mol. The normalized spacial score (nSPS) is 18.1. The molecule has 0 amide bonds. The summed E-state index contributed by atoms with van der Waals surface area (Å²) in [6.07, 6.45) is -3.79. The molecule has 3 aromatic rings. The van der Waals surface area contributed by atoms with Gasteiger partial charge in [0.1, 0.15) is 12.7 Å². The number of rotatable bonds is 5. The van der Waals surface area contributed by atoms with Crippen molar-refractivity contribution >= 4 is 10.9 Å². The summed E-state index contributed by atoms with van der Waals surface area (Å²) in [7, 11) is 0. The molecule has 9 heteroatoms. The van der Waals surface area contributed by atoms with E-state index in [0.717, 1.165) is 35.4 Å². The molecule has 1 saturated heterocycles. The number of pyridine rings is 1. The zero-order valence-corrected chi connectivity index (χ0v) is 15.5. The highest BCUT2D eigenvalue weighted by molar-refractivity contribution is 5.78. The van der Waals surface area contributed by atoms with Gasteiger partial charge in [-0.2, -0.15) is 18.2 Å². The second-order valence-corrected chi connectivity index (χ2v) is 6.76. The molecule has 0 saturated carbocycles. The van der Waals surface area contributed by atoms with Crippen LogP contribution in [0.2, 0.25) is 0 Å². The van der Waals surface area contributed by atoms with Crippen molar-refractivity contribution in [3.8, 4) is 6.01 Å². The van der Waals surface area contributed by atoms with E-state index in [2.05, 4.69) is 19.9 Å². The molecule has 4 rings (SSSR count). The summed E-state index contributed by atoms with van der Waals surface area (Å²) in [5.41, 5.74) is 0.863. The maximum Gasteiger partial charge on any atom is 0.433 e. The molecule has 0 aliphatic carbocycles. The van der Waals surface area contributed by atoms with Crippen LogP contribution >= 0.6 is 0 Å². The van der Waals surface area contributed by atoms with Crippen LogP contribution < -0.4 is 4.74 Å². The molecule has 152 valence electrons. The van der Waals surface area contributed by atoms with Crippen molar-refractivity contribution in [2.24, 2.45) is 0 Å². The number of ether oxygens (including phenoxy) is 2. The average molecular weight is 404 g/mol. The highest BCUT2D eigenvalue weighted by Gasteiger charge is 2.33. The molecule has 0 N–H and O–H groups in total. The Balaban J connectivity index is 1.34. The molecule has 0 radical (unpaired) electrons. The molecule has 2 aromatic heterocycles. The number of halogens is 3. The lowest BCUT2D eigenvalue weighted by atomic mass is 10.2. The quantitative estimate of drug-likeness (QED) is 0.650. The first-order chi connectivity index (χ1) is 14.0. The average Bonchev–Trinajstić information content (AvgIpc) is 2.72. The van der Waals surface area contributed by atoms with Crippen LogP contribution in [0.4, 0.5) is 13.2 Å². The Labute approximate surface area is 165 Å². The van der Waals surface area contributed by atoms with Gasteiger partial charge in [0.15, 0.2) is 5.69 Å². The highest BCUT2D eigenvalue weighted by atomic mass is 19.4. The van der Waals surface area contributed by atoms with Gasteiger partial charge >= 0.3 is 12.2 Å². The molecule has 0 spiro atoms. The number of alkyl halides is 3. The van der Waals surface area contributed by atoms with Crippen LogP contribution in [-0.2, 0) is 17.5 Å². The van der Waals surface area contributed by atoms with Crippen molar-refractivity contribution in [3.05, 3.63) is 60.0 Å². The van der Waals surface area contributed by atoms with Gasteiger partial charge in [0, 0.05) is 31.2 Å². The summed E-state index contributed by atoms with van der Waals surface area (Å²) in [6, 6.07) is 12.5. The van der Waals surface area contributed by atoms with Crippen molar-refractivity contribution in [1.82, 2.24) is 19.9 Å². The number of hydrogen-bond donors (Lipinski definition) is 0. The van der Waals surface area contributed by atoms with Gasteiger partial charge in [0.05, 0.1) is 17.8 Å². The topological polar surface area (TPSA) is 60.4 Å². The summed E-state index contributed by atoms with van der Waals surface area (Å²) in [5, 5.41) is 1.09. The Morgan fingerprint density at radius 2 is 1.97 bits per heavy atom. The highest BCUT2D eigenvalue weighted by Crippen LogP contribution is 2.28. The van der Waals surface area contributed by atoms with E-state index in [1.807, 2.05) is 36.4 Å². The van der Waals surface area contributed by atoms with Crippen molar-refractivity contribution < 1.29 is 22.6 Å². The number of morpholine rings is 1. The fraction of sp³-hybridized carbons (Fsp3) is 0.350. The maximum absolute atomic E-state index is 12.7. The van der Waals surface area contributed by atoms with E-state index in [0.29, 0.717) is 19.7 Å². The third-order valence-electron chi connectivity index (χ3n) is 4.59. The summed E-state index contributed by atoms with van der Waals surface area (Å²) in [5.74, 6) is 0. The van der Waals surface area contributed by atoms with Gasteiger partial charge in [-0.25, -0.2) is 4.98 Å². The Hall–Kier alpha value is -2.78. The van der Waals surface area contributed by atoms with Gasteiger partial charge in [-0.15, -0.1) is 0 Å². The van der Waals surface area contributed by atoms with E-state index < -0.39 is 11.9 Å². The molecule has 0 bridgehead atoms. The largest absolute Gasteiger partial charge is 0.461 e. The standard InChI is InChI=1S/C20H19F3N4O2/c21-20(22,23)18-7-8-24-19(26-18)29-13-16-12-27(9-10-28-16)11-15-6-5-14-3-1-2-4-17(14)25-15/h1-8,16H,9-13H2. The second-order valence-electron chi connectivity index (χ2n) is 6.76. The monoisotopic (exact) mass is 404 g/mol. The minimum Gasteiger partial charge on any atom is -0.461 e. The molecule has 6 nitrogen and oxygen atoms in total. The predicted octanol–water partition coefficient (Wildman–Crippen LogP) is 3.32. The lowest BCUT2D eigenvalue weighted by molar-refractivity contribution is -0.141. The maximum atomic E-state index is 12.7. The first kappa shape index (κ1) is 19.5. The molecule has 1 aromatic carbocycles. The number of nitrogens with zero attached hydrogens (tertiary/aromatic N) is 4. The minimum atomic E-state index is -4.54. The molecule has 1 atom stereocenters. The molecule has 1 aliphatic heterocycles. The van der Waals surface area contributed by atoms with E-state index in [9.17, 15) is 13.2 Å². The van der Waals surface area contributed by atoms with Crippen LogP contribution in [-0.4, -0.2) is 52.3 Å². The van der Waals surface area contributed by atoms with Gasteiger partial charge in [0.2, 0.25) is 0 Å². The van der Waals surface area contributed by atoms with E-state index in [1.165, 1.54) is 0 Å². The molecule has 1 fully saturated rings. The van der Waals surface area contributed by atoms with Gasteiger partial charge in [-0.3, -0.25) is 9.88 Å². The summed E-state index contributed by atoms with van der Waals surface area (Å²) in [4.78, 5) is 14.0. The van der Waals surface area contributed by atoms with Crippen LogP contribution in [0.25, 0.3) is 10.9 Å². The number of aromatic nitrogens is 3. The van der Waals surface area contributed by atoms with Crippen molar-refractivity contribution in [1.29, 1.82) is 0 Å². The Morgan fingerprint density at radius 3 is 2.83 bits per heavy atom. The van der Waals surface area contributed by atoms with Crippen molar-refractivity contribution in [2.75, 3.05) is 26.3 Å². The minimum absolute atomic E-state index is 0.0724. The number of hydrogen-bond acceptors (Lipinski definition) is 6. The lowest BCUT2D eigenvalue weighted by Gasteiger charge is -2.32. The van der Waals surface area contributed by atoms with Crippen molar-refractivity contribution in [2.45, 2.75) is 18.8 Å². The van der Waals surface area contributed by atoms with Crippen LogP contribution in [0.5, 0.6) is 6.01 Å². The van der Waals surface area contributed by atoms with Crippen molar-refractivity contribution in [3.63, 3.8) is 0 Å². The fourth-order valence-electron chi connectivity index (χ4n) is 3.19. The first-order valence-corrected chi connectivity index (χ1v) is 9.19.